The second kappa shape index (κ2) is 9.14. The zero-order valence-electron chi connectivity index (χ0n) is 20.5. The molecule has 0 radical (unpaired) electrons. The van der Waals surface area contributed by atoms with Crippen LogP contribution in [-0.4, -0.2) is 19.1 Å². The Kier molecular flexibility index (Phi) is 5.91. The predicted molar refractivity (Wildman–Crippen MR) is 148 cm³/mol. The molecule has 1 fully saturated rings. The van der Waals surface area contributed by atoms with Crippen molar-refractivity contribution < 1.29 is 0 Å². The summed E-state index contributed by atoms with van der Waals surface area (Å²) in [6, 6.07) is 19.3. The van der Waals surface area contributed by atoms with Gasteiger partial charge in [0.2, 0.25) is 0 Å². The van der Waals surface area contributed by atoms with Crippen LogP contribution < -0.4 is 10.9 Å². The zero-order chi connectivity index (χ0) is 25.7. The monoisotopic (exact) mass is 529 g/mol. The quantitative estimate of drug-likeness (QED) is 0.292. The molecular formula is C29H25Cl2N5O. The molecule has 1 aliphatic rings. The van der Waals surface area contributed by atoms with E-state index < -0.39 is 0 Å². The van der Waals surface area contributed by atoms with E-state index in [1.807, 2.05) is 66.6 Å². The summed E-state index contributed by atoms with van der Waals surface area (Å²) < 4.78 is 3.71. The van der Waals surface area contributed by atoms with Crippen LogP contribution in [0.3, 0.4) is 0 Å². The van der Waals surface area contributed by atoms with Gasteiger partial charge >= 0.3 is 0 Å². The highest BCUT2D eigenvalue weighted by Gasteiger charge is 2.47. The van der Waals surface area contributed by atoms with E-state index in [0.29, 0.717) is 10.0 Å². The molecule has 0 saturated heterocycles. The Hall–Kier alpha value is -3.45. The molecule has 3 heterocycles. The standard InChI is InChI=1S/C29H25Cl2N5O/c1-35-17-32-16-25(35)28(34-29(10-11-29)26-9-7-21(31)15-33-26)19-6-8-24-23(13-19)22(14-27(37)36(24)2)18-4-3-5-20(30)12-18/h3-9,12-17,28,34H,10-11H2,1-2H3. The van der Waals surface area contributed by atoms with Gasteiger partial charge in [-0.25, -0.2) is 4.98 Å². The Morgan fingerprint density at radius 2 is 1.81 bits per heavy atom. The van der Waals surface area contributed by atoms with Gasteiger partial charge in [-0.1, -0.05) is 41.4 Å². The summed E-state index contributed by atoms with van der Waals surface area (Å²) >= 11 is 12.4. The smallest absolute Gasteiger partial charge is 0.251 e. The molecule has 2 aromatic carbocycles. The Bertz CT molecular complexity index is 1690. The molecule has 186 valence electrons. The van der Waals surface area contributed by atoms with Crippen LogP contribution in [0.5, 0.6) is 0 Å². The molecule has 6 nitrogen and oxygen atoms in total. The highest BCUT2D eigenvalue weighted by atomic mass is 35.5. The highest BCUT2D eigenvalue weighted by Crippen LogP contribution is 2.47. The average molecular weight is 530 g/mol. The number of benzene rings is 2. The van der Waals surface area contributed by atoms with Crippen molar-refractivity contribution in [2.45, 2.75) is 24.4 Å². The van der Waals surface area contributed by atoms with Gasteiger partial charge in [0, 0.05) is 36.8 Å². The maximum atomic E-state index is 12.8. The normalized spacial score (nSPS) is 15.1. The lowest BCUT2D eigenvalue weighted by Crippen LogP contribution is -2.35. The van der Waals surface area contributed by atoms with E-state index in [2.05, 4.69) is 27.4 Å². The lowest BCUT2D eigenvalue weighted by Gasteiger charge is -2.27. The van der Waals surface area contributed by atoms with E-state index in [1.54, 1.807) is 23.9 Å². The van der Waals surface area contributed by atoms with Crippen LogP contribution >= 0.6 is 23.2 Å². The number of rotatable bonds is 6. The minimum Gasteiger partial charge on any atom is -0.336 e. The molecular weight excluding hydrogens is 505 g/mol. The van der Waals surface area contributed by atoms with Gasteiger partial charge in [0.25, 0.3) is 5.56 Å². The van der Waals surface area contributed by atoms with Crippen molar-refractivity contribution in [2.24, 2.45) is 14.1 Å². The second-order valence-electron chi connectivity index (χ2n) is 9.69. The van der Waals surface area contributed by atoms with Gasteiger partial charge in [0.05, 0.1) is 46.0 Å². The summed E-state index contributed by atoms with van der Waals surface area (Å²) in [5.41, 5.74) is 5.39. The molecule has 1 atom stereocenters. The van der Waals surface area contributed by atoms with Crippen molar-refractivity contribution in [2.75, 3.05) is 0 Å². The number of imidazole rings is 1. The molecule has 0 spiro atoms. The Labute approximate surface area is 224 Å². The van der Waals surface area contributed by atoms with Crippen LogP contribution in [0.15, 0.2) is 84.2 Å². The van der Waals surface area contributed by atoms with E-state index in [9.17, 15) is 4.79 Å². The molecule has 0 bridgehead atoms. The molecule has 37 heavy (non-hydrogen) atoms. The zero-order valence-corrected chi connectivity index (χ0v) is 22.0. The van der Waals surface area contributed by atoms with E-state index in [4.69, 9.17) is 23.2 Å². The van der Waals surface area contributed by atoms with Crippen molar-refractivity contribution in [3.63, 3.8) is 0 Å². The topological polar surface area (TPSA) is 64.7 Å². The maximum absolute atomic E-state index is 12.8. The molecule has 3 aromatic heterocycles. The van der Waals surface area contributed by atoms with E-state index in [-0.39, 0.29) is 17.1 Å². The SMILES string of the molecule is Cn1cncc1C(NC1(c2ccc(Cl)cn2)CC1)c1ccc2c(c1)c(-c1cccc(Cl)c1)cc(=O)n2C. The molecule has 1 aliphatic carbocycles. The van der Waals surface area contributed by atoms with Crippen molar-refractivity contribution in [3.8, 4) is 11.1 Å². The number of aromatic nitrogens is 4. The Morgan fingerprint density at radius 3 is 2.49 bits per heavy atom. The molecule has 1 saturated carbocycles. The molecule has 1 unspecified atom stereocenters. The van der Waals surface area contributed by atoms with Gasteiger partial charge in [-0.3, -0.25) is 15.1 Å². The average Bonchev–Trinajstić information content (AvgIpc) is 3.56. The van der Waals surface area contributed by atoms with Gasteiger partial charge in [-0.15, -0.1) is 0 Å². The van der Waals surface area contributed by atoms with Crippen LogP contribution in [0.2, 0.25) is 10.0 Å². The summed E-state index contributed by atoms with van der Waals surface area (Å²) in [5, 5.41) is 6.13. The first-order valence-electron chi connectivity index (χ1n) is 12.1. The highest BCUT2D eigenvalue weighted by molar-refractivity contribution is 6.31. The maximum Gasteiger partial charge on any atom is 0.251 e. The predicted octanol–water partition coefficient (Wildman–Crippen LogP) is 6.01. The minimum atomic E-state index is -0.242. The van der Waals surface area contributed by atoms with Gasteiger partial charge in [0.15, 0.2) is 0 Å². The summed E-state index contributed by atoms with van der Waals surface area (Å²) in [5.74, 6) is 0. The van der Waals surface area contributed by atoms with E-state index >= 15 is 0 Å². The number of hydrogen-bond acceptors (Lipinski definition) is 4. The number of halogens is 2. The van der Waals surface area contributed by atoms with Gasteiger partial charge in [-0.05, 0) is 65.9 Å². The molecule has 0 aliphatic heterocycles. The third-order valence-electron chi connectivity index (χ3n) is 7.28. The fourth-order valence-electron chi connectivity index (χ4n) is 5.06. The Balaban J connectivity index is 1.52. The van der Waals surface area contributed by atoms with Crippen LogP contribution in [0.1, 0.15) is 35.8 Å². The summed E-state index contributed by atoms with van der Waals surface area (Å²) in [7, 11) is 3.80. The molecule has 8 heteroatoms. The number of pyridine rings is 2. The van der Waals surface area contributed by atoms with Crippen molar-refractivity contribution in [3.05, 3.63) is 117 Å². The summed E-state index contributed by atoms with van der Waals surface area (Å²) in [4.78, 5) is 21.9. The fourth-order valence-corrected chi connectivity index (χ4v) is 5.36. The second-order valence-corrected chi connectivity index (χ2v) is 10.6. The minimum absolute atomic E-state index is 0.0673. The lowest BCUT2D eigenvalue weighted by atomic mass is 9.95. The number of nitrogens with zero attached hydrogens (tertiary/aromatic N) is 4. The number of nitrogens with one attached hydrogen (secondary N) is 1. The lowest BCUT2D eigenvalue weighted by molar-refractivity contribution is 0.447. The fraction of sp³-hybridized carbons (Fsp3) is 0.207. The molecule has 6 rings (SSSR count). The first kappa shape index (κ1) is 23.9. The number of hydrogen-bond donors (Lipinski definition) is 1. The molecule has 1 N–H and O–H groups in total. The first-order valence-corrected chi connectivity index (χ1v) is 12.9. The third-order valence-corrected chi connectivity index (χ3v) is 7.74. The van der Waals surface area contributed by atoms with Crippen molar-refractivity contribution >= 4 is 34.1 Å². The van der Waals surface area contributed by atoms with E-state index in [1.165, 1.54) is 0 Å². The number of aryl methyl sites for hydroxylation is 2. The van der Waals surface area contributed by atoms with Crippen LogP contribution in [0, 0.1) is 0 Å². The first-order chi connectivity index (χ1) is 17.8. The molecule has 0 amide bonds. The van der Waals surface area contributed by atoms with Crippen LogP contribution in [0.25, 0.3) is 22.0 Å². The van der Waals surface area contributed by atoms with Gasteiger partial charge in [-0.2, -0.15) is 0 Å². The largest absolute Gasteiger partial charge is 0.336 e. The summed E-state index contributed by atoms with van der Waals surface area (Å²) in [6.45, 7) is 0. The van der Waals surface area contributed by atoms with Crippen molar-refractivity contribution in [1.29, 1.82) is 0 Å². The van der Waals surface area contributed by atoms with Crippen molar-refractivity contribution in [1.82, 2.24) is 24.4 Å². The summed E-state index contributed by atoms with van der Waals surface area (Å²) in [6.07, 6.45) is 7.36. The van der Waals surface area contributed by atoms with E-state index in [0.717, 1.165) is 51.8 Å². The Morgan fingerprint density at radius 1 is 0.973 bits per heavy atom. The van der Waals surface area contributed by atoms with Crippen LogP contribution in [-0.2, 0) is 19.6 Å². The van der Waals surface area contributed by atoms with Crippen LogP contribution in [0.4, 0.5) is 0 Å². The third kappa shape index (κ3) is 4.35. The number of fused-ring (bicyclic) bond motifs is 1. The van der Waals surface area contributed by atoms with Gasteiger partial charge < -0.3 is 9.13 Å². The van der Waals surface area contributed by atoms with Gasteiger partial charge in [0.1, 0.15) is 0 Å². The molecule has 5 aromatic rings.